The fraction of sp³-hybridized carbons (Fsp3) is 0.235. The Hall–Kier alpha value is -2.03. The number of hydrogen-bond donors (Lipinski definition) is 1. The van der Waals surface area contributed by atoms with Crippen molar-refractivity contribution < 1.29 is 13.6 Å². The Morgan fingerprint density at radius 1 is 1.37 bits per heavy atom. The number of nitrogens with one attached hydrogen (secondary N) is 1. The van der Waals surface area contributed by atoms with Crippen LogP contribution in [0.1, 0.15) is 23.5 Å². The van der Waals surface area contributed by atoms with E-state index < -0.39 is 10.4 Å². The molecule has 1 saturated carbocycles. The molecule has 140 valence electrons. The molecule has 5 nitrogen and oxygen atoms in total. The van der Waals surface area contributed by atoms with Crippen molar-refractivity contribution in [3.63, 3.8) is 0 Å². The molecular weight excluding hydrogens is 417 g/mol. The zero-order valence-corrected chi connectivity index (χ0v) is 16.0. The van der Waals surface area contributed by atoms with Gasteiger partial charge in [0.2, 0.25) is 15.9 Å². The van der Waals surface area contributed by atoms with E-state index in [2.05, 4.69) is 15.4 Å². The molecule has 27 heavy (non-hydrogen) atoms. The summed E-state index contributed by atoms with van der Waals surface area (Å²) in [7, 11) is 0. The Balaban J connectivity index is 1.81. The largest absolute Gasteiger partial charge is 0.375 e. The highest BCUT2D eigenvalue weighted by Gasteiger charge is 2.34. The van der Waals surface area contributed by atoms with E-state index in [1.807, 2.05) is 0 Å². The number of rotatable bonds is 5. The lowest BCUT2D eigenvalue weighted by Gasteiger charge is -2.04. The number of halogens is 4. The van der Waals surface area contributed by atoms with Gasteiger partial charge < -0.3 is 5.32 Å². The highest BCUT2D eigenvalue weighted by Crippen LogP contribution is 2.38. The van der Waals surface area contributed by atoms with Crippen LogP contribution in [-0.4, -0.2) is 26.5 Å². The molecular formula is C17H12Cl2F2N4OS. The summed E-state index contributed by atoms with van der Waals surface area (Å²) in [6.45, 7) is 0. The van der Waals surface area contributed by atoms with Crippen molar-refractivity contribution in [2.75, 3.05) is 0 Å². The smallest absolute Gasteiger partial charge is 0.350 e. The van der Waals surface area contributed by atoms with Crippen LogP contribution in [-0.2, 0) is 10.2 Å². The summed E-state index contributed by atoms with van der Waals surface area (Å²) in [5, 5.41) is 2.98. The molecule has 0 unspecified atom stereocenters. The maximum Gasteiger partial charge on any atom is 0.375 e. The third kappa shape index (κ3) is 3.83. The molecule has 0 saturated heterocycles. The summed E-state index contributed by atoms with van der Waals surface area (Å²) in [4.78, 5) is 16.6. The van der Waals surface area contributed by atoms with Crippen LogP contribution in [0.2, 0.25) is 5.02 Å². The zero-order valence-electron chi connectivity index (χ0n) is 13.6. The molecule has 2 aromatic heterocycles. The second-order valence-corrected chi connectivity index (χ2v) is 7.88. The number of aromatic nitrogens is 3. The second-order valence-electron chi connectivity index (χ2n) is 6.04. The van der Waals surface area contributed by atoms with Crippen molar-refractivity contribution in [3.8, 4) is 11.3 Å². The molecule has 1 aliphatic rings. The van der Waals surface area contributed by atoms with Crippen molar-refractivity contribution in [1.82, 2.24) is 19.9 Å². The summed E-state index contributed by atoms with van der Waals surface area (Å²) in [5.41, 5.74) is 1.42. The number of carbonyl (C=O) groups is 1. The molecule has 1 fully saturated rings. The van der Waals surface area contributed by atoms with Crippen LogP contribution in [0.3, 0.4) is 0 Å². The number of fused-ring (bicyclic) bond motifs is 1. The molecule has 0 radical (unpaired) electrons. The molecule has 1 amide bonds. The van der Waals surface area contributed by atoms with Crippen molar-refractivity contribution in [2.24, 2.45) is 0 Å². The van der Waals surface area contributed by atoms with E-state index in [0.717, 1.165) is 12.8 Å². The molecule has 1 aromatic carbocycles. The molecule has 10 heteroatoms. The second kappa shape index (κ2) is 6.85. The van der Waals surface area contributed by atoms with E-state index >= 15 is 0 Å². The lowest BCUT2D eigenvalue weighted by atomic mass is 10.1. The van der Waals surface area contributed by atoms with Crippen LogP contribution in [0.15, 0.2) is 30.3 Å². The standard InChI is InChI=1S/C17H12Cl2F2N4OS/c18-11-4-2-1-3-10(11)14-12(7-8-13(26)22-9-5-6-9)25-16(23-14)27-15(24-25)17(19,20)21/h1-4,7-9H,5-6H2,(H,22,26)/b8-7+. The first kappa shape index (κ1) is 18.3. The number of amides is 1. The number of benzene rings is 1. The minimum Gasteiger partial charge on any atom is -0.350 e. The van der Waals surface area contributed by atoms with E-state index in [1.54, 1.807) is 24.3 Å². The maximum atomic E-state index is 13.4. The third-order valence-electron chi connectivity index (χ3n) is 3.93. The molecule has 0 aliphatic heterocycles. The van der Waals surface area contributed by atoms with Gasteiger partial charge in [0, 0.05) is 17.7 Å². The quantitative estimate of drug-likeness (QED) is 0.473. The van der Waals surface area contributed by atoms with Crippen LogP contribution in [0.5, 0.6) is 0 Å². The van der Waals surface area contributed by atoms with Crippen molar-refractivity contribution >= 4 is 51.5 Å². The number of imidazole rings is 1. The van der Waals surface area contributed by atoms with Gasteiger partial charge in [-0.3, -0.25) is 4.79 Å². The van der Waals surface area contributed by atoms with Crippen molar-refractivity contribution in [3.05, 3.63) is 46.1 Å². The first-order valence-electron chi connectivity index (χ1n) is 8.03. The first-order valence-corrected chi connectivity index (χ1v) is 9.60. The summed E-state index contributed by atoms with van der Waals surface area (Å²) in [6.07, 6.45) is 4.75. The van der Waals surface area contributed by atoms with Crippen LogP contribution < -0.4 is 5.32 Å². The van der Waals surface area contributed by atoms with E-state index in [9.17, 15) is 13.6 Å². The Bertz CT molecular complexity index is 1050. The molecule has 0 atom stereocenters. The van der Waals surface area contributed by atoms with Gasteiger partial charge >= 0.3 is 5.38 Å². The van der Waals surface area contributed by atoms with E-state index in [-0.39, 0.29) is 16.9 Å². The molecule has 0 spiro atoms. The van der Waals surface area contributed by atoms with Gasteiger partial charge in [-0.25, -0.2) is 9.50 Å². The molecule has 3 aromatic rings. The predicted octanol–water partition coefficient (Wildman–Crippen LogP) is 4.69. The van der Waals surface area contributed by atoms with Crippen LogP contribution >= 0.6 is 34.5 Å². The monoisotopic (exact) mass is 428 g/mol. The average molecular weight is 429 g/mol. The van der Waals surface area contributed by atoms with Crippen molar-refractivity contribution in [2.45, 2.75) is 24.3 Å². The Labute approximate surface area is 166 Å². The molecule has 2 heterocycles. The summed E-state index contributed by atoms with van der Waals surface area (Å²) < 4.78 is 28.1. The van der Waals surface area contributed by atoms with Gasteiger partial charge in [0.1, 0.15) is 5.69 Å². The Kier molecular flexibility index (Phi) is 4.65. The Morgan fingerprint density at radius 3 is 2.78 bits per heavy atom. The lowest BCUT2D eigenvalue weighted by molar-refractivity contribution is -0.116. The van der Waals surface area contributed by atoms with Gasteiger partial charge in [-0.2, -0.15) is 13.9 Å². The predicted molar refractivity (Wildman–Crippen MR) is 101 cm³/mol. The Morgan fingerprint density at radius 2 is 2.11 bits per heavy atom. The normalized spacial score (nSPS) is 15.0. The number of carbonyl (C=O) groups excluding carboxylic acids is 1. The summed E-state index contributed by atoms with van der Waals surface area (Å²) in [5.74, 6) is -0.268. The molecule has 1 aliphatic carbocycles. The van der Waals surface area contributed by atoms with Crippen LogP contribution in [0.4, 0.5) is 8.78 Å². The highest BCUT2D eigenvalue weighted by molar-refractivity contribution is 7.17. The minimum atomic E-state index is -3.60. The summed E-state index contributed by atoms with van der Waals surface area (Å²) in [6, 6.07) is 7.22. The topological polar surface area (TPSA) is 59.3 Å². The maximum absolute atomic E-state index is 13.4. The van der Waals surface area contributed by atoms with Gasteiger partial charge in [0.15, 0.2) is 0 Å². The third-order valence-corrected chi connectivity index (χ3v) is 5.52. The fourth-order valence-electron chi connectivity index (χ4n) is 2.51. The molecule has 0 bridgehead atoms. The fourth-order valence-corrected chi connectivity index (χ4v) is 3.66. The number of alkyl halides is 3. The average Bonchev–Trinajstić information content (AvgIpc) is 3.19. The van der Waals surface area contributed by atoms with Crippen molar-refractivity contribution in [1.29, 1.82) is 0 Å². The van der Waals surface area contributed by atoms with Gasteiger partial charge in [-0.15, -0.1) is 0 Å². The van der Waals surface area contributed by atoms with E-state index in [1.165, 1.54) is 16.7 Å². The SMILES string of the molecule is O=C(/C=C/c1c(-c2ccccc2Cl)nc2sc(C(F)(F)Cl)nn12)NC1CC1. The minimum absolute atomic E-state index is 0.205. The molecule has 4 rings (SSSR count). The van der Waals surface area contributed by atoms with Gasteiger partial charge in [0.05, 0.1) is 10.7 Å². The first-order chi connectivity index (χ1) is 12.8. The van der Waals surface area contributed by atoms with Gasteiger partial charge in [0.25, 0.3) is 0 Å². The van der Waals surface area contributed by atoms with E-state index in [4.69, 9.17) is 23.2 Å². The number of nitrogens with zero attached hydrogens (tertiary/aromatic N) is 3. The summed E-state index contributed by atoms with van der Waals surface area (Å²) >= 11 is 12.0. The molecule has 1 N–H and O–H groups in total. The highest BCUT2D eigenvalue weighted by atomic mass is 35.5. The lowest BCUT2D eigenvalue weighted by Crippen LogP contribution is -2.22. The van der Waals surface area contributed by atoms with Crippen LogP contribution in [0.25, 0.3) is 22.3 Å². The van der Waals surface area contributed by atoms with Gasteiger partial charge in [-0.1, -0.05) is 41.1 Å². The van der Waals surface area contributed by atoms with Crippen LogP contribution in [0, 0.1) is 0 Å². The number of hydrogen-bond acceptors (Lipinski definition) is 4. The van der Waals surface area contributed by atoms with E-state index in [0.29, 0.717) is 33.3 Å². The zero-order chi connectivity index (χ0) is 19.2. The van der Waals surface area contributed by atoms with Gasteiger partial charge in [-0.05, 0) is 36.6 Å².